The van der Waals surface area contributed by atoms with Gasteiger partial charge in [0.05, 0.1) is 48.5 Å². The van der Waals surface area contributed by atoms with Gasteiger partial charge in [0.25, 0.3) is 5.91 Å². The van der Waals surface area contributed by atoms with Crippen LogP contribution in [0.2, 0.25) is 0 Å². The van der Waals surface area contributed by atoms with E-state index < -0.39 is 35.6 Å². The number of likely N-dealkylation sites (tertiary alicyclic amines) is 1. The first kappa shape index (κ1) is 25.2. The SMILES string of the molecule is CN(C)C(=O)c1cnn(C)c1-c1cc(OC2CN(C(=O)N3N=CCC3c3cc(F)cc(F)c3)C2)c(F)cn1. The third-order valence-corrected chi connectivity index (χ3v) is 6.35. The van der Waals surface area contributed by atoms with Gasteiger partial charge in [0.1, 0.15) is 17.7 Å². The molecular formula is C25H24F3N7O3. The van der Waals surface area contributed by atoms with Gasteiger partial charge in [-0.1, -0.05) is 0 Å². The molecule has 13 heteroatoms. The number of pyridine rings is 1. The van der Waals surface area contributed by atoms with Crippen molar-refractivity contribution in [1.29, 1.82) is 0 Å². The summed E-state index contributed by atoms with van der Waals surface area (Å²) in [7, 11) is 4.87. The molecule has 10 nitrogen and oxygen atoms in total. The Morgan fingerprint density at radius 1 is 1.05 bits per heavy atom. The highest BCUT2D eigenvalue weighted by atomic mass is 19.1. The standard InChI is InChI=1S/C25H24F3N7O3/c1-32(2)24(36)18-10-31-33(3)23(18)20-9-22(19(28)11-29-20)38-17-12-34(13-17)25(37)35-21(4-5-30-35)14-6-15(26)8-16(27)7-14/h5-11,17,21H,4,12-13H2,1-3H3. The number of carbonyl (C=O) groups excluding carboxylic acids is 2. The van der Waals surface area contributed by atoms with Gasteiger partial charge in [0.15, 0.2) is 11.6 Å². The Morgan fingerprint density at radius 3 is 2.45 bits per heavy atom. The zero-order chi connectivity index (χ0) is 27.1. The van der Waals surface area contributed by atoms with Crippen LogP contribution in [-0.2, 0) is 7.05 Å². The predicted octanol–water partition coefficient (Wildman–Crippen LogP) is 3.22. The molecule has 1 unspecified atom stereocenters. The van der Waals surface area contributed by atoms with E-state index in [1.54, 1.807) is 21.1 Å². The predicted molar refractivity (Wildman–Crippen MR) is 130 cm³/mol. The van der Waals surface area contributed by atoms with Crippen molar-refractivity contribution in [2.75, 3.05) is 27.2 Å². The van der Waals surface area contributed by atoms with Gasteiger partial charge in [-0.2, -0.15) is 10.2 Å². The molecule has 0 N–H and O–H groups in total. The number of aromatic nitrogens is 3. The van der Waals surface area contributed by atoms with Crippen LogP contribution in [0.4, 0.5) is 18.0 Å². The van der Waals surface area contributed by atoms with Crippen molar-refractivity contribution in [2.45, 2.75) is 18.6 Å². The Kier molecular flexibility index (Phi) is 6.51. The quantitative estimate of drug-likeness (QED) is 0.508. The molecule has 1 aromatic carbocycles. The number of carbonyl (C=O) groups is 2. The van der Waals surface area contributed by atoms with Gasteiger partial charge in [-0.25, -0.2) is 23.0 Å². The molecule has 4 heterocycles. The van der Waals surface area contributed by atoms with E-state index in [1.807, 2.05) is 0 Å². The maximum atomic E-state index is 14.6. The number of hydrogen-bond acceptors (Lipinski definition) is 6. The third kappa shape index (κ3) is 4.66. The van der Waals surface area contributed by atoms with Crippen molar-refractivity contribution < 1.29 is 27.5 Å². The topological polar surface area (TPSA) is 96.2 Å². The molecule has 0 aliphatic carbocycles. The first-order chi connectivity index (χ1) is 18.1. The van der Waals surface area contributed by atoms with Crippen LogP contribution >= 0.6 is 0 Å². The van der Waals surface area contributed by atoms with Gasteiger partial charge in [-0.05, 0) is 17.7 Å². The molecule has 3 amide bonds. The zero-order valence-electron chi connectivity index (χ0n) is 20.8. The maximum Gasteiger partial charge on any atom is 0.341 e. The van der Waals surface area contributed by atoms with E-state index in [2.05, 4.69) is 15.2 Å². The second-order valence-electron chi connectivity index (χ2n) is 9.25. The minimum absolute atomic E-state index is 0.0798. The van der Waals surface area contributed by atoms with E-state index in [4.69, 9.17) is 4.74 Å². The molecular weight excluding hydrogens is 503 g/mol. The van der Waals surface area contributed by atoms with Crippen molar-refractivity contribution in [3.05, 3.63) is 65.2 Å². The summed E-state index contributed by atoms with van der Waals surface area (Å²) in [5, 5.41) is 9.40. The summed E-state index contributed by atoms with van der Waals surface area (Å²) in [4.78, 5) is 32.5. The number of amides is 3. The Hall–Kier alpha value is -4.42. The van der Waals surface area contributed by atoms with E-state index in [1.165, 1.54) is 50.1 Å². The number of rotatable bonds is 5. The third-order valence-electron chi connectivity index (χ3n) is 6.35. The fourth-order valence-electron chi connectivity index (χ4n) is 4.41. The molecule has 2 aromatic heterocycles. The van der Waals surface area contributed by atoms with Crippen LogP contribution in [0.1, 0.15) is 28.4 Å². The Morgan fingerprint density at radius 2 is 1.76 bits per heavy atom. The monoisotopic (exact) mass is 527 g/mol. The zero-order valence-corrected chi connectivity index (χ0v) is 20.8. The highest BCUT2D eigenvalue weighted by Gasteiger charge is 2.39. The van der Waals surface area contributed by atoms with E-state index in [0.717, 1.165) is 12.3 Å². The second kappa shape index (κ2) is 9.80. The minimum Gasteiger partial charge on any atom is -0.483 e. The molecule has 1 atom stereocenters. The van der Waals surface area contributed by atoms with Gasteiger partial charge in [-0.3, -0.25) is 14.5 Å². The Balaban J connectivity index is 1.27. The maximum absolute atomic E-state index is 14.6. The summed E-state index contributed by atoms with van der Waals surface area (Å²) in [6, 6.07) is 3.42. The number of nitrogens with zero attached hydrogens (tertiary/aromatic N) is 7. The van der Waals surface area contributed by atoms with Crippen LogP contribution in [0, 0.1) is 17.5 Å². The number of hydrogen-bond donors (Lipinski definition) is 0. The highest BCUT2D eigenvalue weighted by Crippen LogP contribution is 2.33. The van der Waals surface area contributed by atoms with Crippen LogP contribution in [0.5, 0.6) is 5.75 Å². The van der Waals surface area contributed by atoms with Crippen molar-refractivity contribution in [1.82, 2.24) is 29.6 Å². The van der Waals surface area contributed by atoms with E-state index in [-0.39, 0.29) is 24.7 Å². The molecule has 0 bridgehead atoms. The summed E-state index contributed by atoms with van der Waals surface area (Å²) in [6.07, 6.45) is 3.76. The van der Waals surface area contributed by atoms with E-state index in [9.17, 15) is 22.8 Å². The lowest BCUT2D eigenvalue weighted by Crippen LogP contribution is -2.58. The van der Waals surface area contributed by atoms with Crippen LogP contribution in [0.15, 0.2) is 41.8 Å². The molecule has 38 heavy (non-hydrogen) atoms. The summed E-state index contributed by atoms with van der Waals surface area (Å²) >= 11 is 0. The molecule has 0 radical (unpaired) electrons. The average molecular weight is 528 g/mol. The highest BCUT2D eigenvalue weighted by molar-refractivity contribution is 5.99. The molecule has 2 aliphatic heterocycles. The fraction of sp³-hybridized carbons (Fsp3) is 0.320. The number of urea groups is 1. The van der Waals surface area contributed by atoms with Crippen LogP contribution < -0.4 is 4.74 Å². The van der Waals surface area contributed by atoms with E-state index in [0.29, 0.717) is 28.9 Å². The van der Waals surface area contributed by atoms with Crippen LogP contribution in [0.3, 0.4) is 0 Å². The van der Waals surface area contributed by atoms with Crippen LogP contribution in [-0.4, -0.2) is 81.0 Å². The lowest BCUT2D eigenvalue weighted by molar-refractivity contribution is 0.0256. The molecule has 1 fully saturated rings. The average Bonchev–Trinajstić information content (AvgIpc) is 3.48. The van der Waals surface area contributed by atoms with Crippen molar-refractivity contribution in [3.63, 3.8) is 0 Å². The number of hydrazone groups is 1. The van der Waals surface area contributed by atoms with E-state index >= 15 is 0 Å². The number of ether oxygens (including phenoxy) is 1. The number of aryl methyl sites for hydroxylation is 1. The largest absolute Gasteiger partial charge is 0.483 e. The molecule has 5 rings (SSSR count). The second-order valence-corrected chi connectivity index (χ2v) is 9.25. The summed E-state index contributed by atoms with van der Waals surface area (Å²) in [5.41, 5.74) is 1.32. The fourth-order valence-corrected chi connectivity index (χ4v) is 4.41. The molecule has 0 saturated carbocycles. The normalized spacial score (nSPS) is 17.1. The molecule has 198 valence electrons. The Bertz CT molecular complexity index is 1420. The summed E-state index contributed by atoms with van der Waals surface area (Å²) < 4.78 is 49.3. The smallest absolute Gasteiger partial charge is 0.341 e. The first-order valence-electron chi connectivity index (χ1n) is 11.7. The van der Waals surface area contributed by atoms with Crippen LogP contribution in [0.25, 0.3) is 11.4 Å². The lowest BCUT2D eigenvalue weighted by atomic mass is 10.0. The van der Waals surface area contributed by atoms with Gasteiger partial charge in [0, 0.05) is 45.9 Å². The summed E-state index contributed by atoms with van der Waals surface area (Å²) in [6.45, 7) is 0.310. The van der Waals surface area contributed by atoms with Crippen molar-refractivity contribution in [3.8, 4) is 17.1 Å². The van der Waals surface area contributed by atoms with Gasteiger partial charge in [0.2, 0.25) is 0 Å². The van der Waals surface area contributed by atoms with Gasteiger partial charge >= 0.3 is 6.03 Å². The van der Waals surface area contributed by atoms with Gasteiger partial charge < -0.3 is 14.5 Å². The molecule has 3 aromatic rings. The number of benzene rings is 1. The number of halogens is 3. The first-order valence-corrected chi connectivity index (χ1v) is 11.7. The Labute approximate surface area is 215 Å². The van der Waals surface area contributed by atoms with Gasteiger partial charge in [-0.15, -0.1) is 0 Å². The lowest BCUT2D eigenvalue weighted by Gasteiger charge is -2.41. The van der Waals surface area contributed by atoms with Crippen molar-refractivity contribution >= 4 is 18.2 Å². The molecule has 0 spiro atoms. The van der Waals surface area contributed by atoms with Crippen molar-refractivity contribution in [2.24, 2.45) is 12.1 Å². The summed E-state index contributed by atoms with van der Waals surface area (Å²) in [5.74, 6) is -2.53. The minimum atomic E-state index is -0.736. The molecule has 1 saturated heterocycles. The molecule has 2 aliphatic rings.